The van der Waals surface area contributed by atoms with Gasteiger partial charge in [-0.3, -0.25) is 0 Å². The van der Waals surface area contributed by atoms with Crippen molar-refractivity contribution < 1.29 is 4.84 Å². The van der Waals surface area contributed by atoms with E-state index in [1.165, 1.54) is 12.1 Å². The van der Waals surface area contributed by atoms with Crippen LogP contribution in [0.5, 0.6) is 0 Å². The highest BCUT2D eigenvalue weighted by Gasteiger charge is 2.04. The van der Waals surface area contributed by atoms with E-state index in [1.54, 1.807) is 0 Å². The fourth-order valence-corrected chi connectivity index (χ4v) is 0.805. The fourth-order valence-electron chi connectivity index (χ4n) is 0.805. The molecule has 0 amide bonds. The number of hydrogen-bond donors (Lipinski definition) is 0. The smallest absolute Gasteiger partial charge is 0.122 e. The summed E-state index contributed by atoms with van der Waals surface area (Å²) < 4.78 is 0. The van der Waals surface area contributed by atoms with Crippen molar-refractivity contribution in [1.29, 1.82) is 0 Å². The fraction of sp³-hybridized carbons (Fsp3) is 0.833. The molecule has 0 unspecified atom stereocenters. The van der Waals surface area contributed by atoms with Gasteiger partial charge in [0.05, 0.1) is 5.71 Å². The van der Waals surface area contributed by atoms with Crippen molar-refractivity contribution in [2.24, 2.45) is 5.16 Å². The van der Waals surface area contributed by atoms with Gasteiger partial charge in [0.2, 0.25) is 0 Å². The monoisotopic (exact) mass is 113 g/mol. The Kier molecular flexibility index (Phi) is 1.89. The first-order valence-corrected chi connectivity index (χ1v) is 3.11. The predicted octanol–water partition coefficient (Wildman–Crippen LogP) is 1.56. The number of nitrogens with zero attached hydrogens (tertiary/aromatic N) is 1. The first-order chi connectivity index (χ1) is 3.93. The van der Waals surface area contributed by atoms with Crippen molar-refractivity contribution in [3.05, 3.63) is 0 Å². The second kappa shape index (κ2) is 2.70. The molecular weight excluding hydrogens is 102 g/mol. The van der Waals surface area contributed by atoms with Gasteiger partial charge in [0.1, 0.15) is 6.61 Å². The van der Waals surface area contributed by atoms with E-state index in [2.05, 4.69) is 12.1 Å². The van der Waals surface area contributed by atoms with Crippen LogP contribution in [0.15, 0.2) is 5.16 Å². The van der Waals surface area contributed by atoms with Gasteiger partial charge in [-0.1, -0.05) is 18.5 Å². The van der Waals surface area contributed by atoms with Crippen LogP contribution in [0.2, 0.25) is 0 Å². The van der Waals surface area contributed by atoms with Gasteiger partial charge in [0.15, 0.2) is 0 Å². The third-order valence-corrected chi connectivity index (χ3v) is 1.21. The van der Waals surface area contributed by atoms with E-state index in [0.29, 0.717) is 0 Å². The summed E-state index contributed by atoms with van der Waals surface area (Å²) in [5, 5.41) is 3.84. The van der Waals surface area contributed by atoms with Crippen molar-refractivity contribution in [2.75, 3.05) is 6.61 Å². The summed E-state index contributed by atoms with van der Waals surface area (Å²) in [5.74, 6) is 0. The zero-order chi connectivity index (χ0) is 5.82. The molecule has 0 spiro atoms. The van der Waals surface area contributed by atoms with E-state index < -0.39 is 0 Å². The minimum atomic E-state index is 0.801. The quantitative estimate of drug-likeness (QED) is 0.532. The van der Waals surface area contributed by atoms with Gasteiger partial charge >= 0.3 is 0 Å². The summed E-state index contributed by atoms with van der Waals surface area (Å²) in [6.07, 6.45) is 3.34. The number of oxime groups is 1. The molecular formula is C6H11NO. The lowest BCUT2D eigenvalue weighted by atomic mass is 10.2. The van der Waals surface area contributed by atoms with E-state index in [4.69, 9.17) is 4.84 Å². The lowest BCUT2D eigenvalue weighted by Gasteiger charge is -1.87. The molecule has 2 heteroatoms. The summed E-state index contributed by atoms with van der Waals surface area (Å²) in [7, 11) is 0. The van der Waals surface area contributed by atoms with Gasteiger partial charge in [-0.05, 0) is 6.42 Å². The first-order valence-electron chi connectivity index (χ1n) is 3.11. The molecule has 1 aliphatic rings. The van der Waals surface area contributed by atoms with Gasteiger partial charge in [0, 0.05) is 6.42 Å². The molecule has 8 heavy (non-hydrogen) atoms. The topological polar surface area (TPSA) is 21.6 Å². The van der Waals surface area contributed by atoms with Crippen LogP contribution in [0.3, 0.4) is 0 Å². The highest BCUT2D eigenvalue weighted by molar-refractivity contribution is 5.84. The molecule has 0 radical (unpaired) electrons. The molecule has 0 aromatic carbocycles. The molecule has 0 N–H and O–H groups in total. The van der Waals surface area contributed by atoms with Gasteiger partial charge in [-0.2, -0.15) is 0 Å². The molecule has 0 saturated carbocycles. The summed E-state index contributed by atoms with van der Waals surface area (Å²) in [5.41, 5.74) is 1.23. The first kappa shape index (κ1) is 5.60. The summed E-state index contributed by atoms with van der Waals surface area (Å²) in [6.45, 7) is 2.95. The van der Waals surface area contributed by atoms with Gasteiger partial charge in [0.25, 0.3) is 0 Å². The van der Waals surface area contributed by atoms with Crippen LogP contribution >= 0.6 is 0 Å². The van der Waals surface area contributed by atoms with Crippen molar-refractivity contribution in [1.82, 2.24) is 0 Å². The summed E-state index contributed by atoms with van der Waals surface area (Å²) >= 11 is 0. The maximum absolute atomic E-state index is 4.80. The molecule has 0 saturated heterocycles. The third kappa shape index (κ3) is 1.22. The maximum atomic E-state index is 4.80. The van der Waals surface area contributed by atoms with Gasteiger partial charge < -0.3 is 4.84 Å². The molecule has 1 aliphatic heterocycles. The molecule has 0 fully saturated rings. The Balaban J connectivity index is 2.23. The largest absolute Gasteiger partial charge is 0.395 e. The zero-order valence-electron chi connectivity index (χ0n) is 5.18. The minimum Gasteiger partial charge on any atom is -0.395 e. The second-order valence-corrected chi connectivity index (χ2v) is 1.99. The lowest BCUT2D eigenvalue weighted by molar-refractivity contribution is 0.173. The summed E-state index contributed by atoms with van der Waals surface area (Å²) in [4.78, 5) is 4.80. The molecule has 0 bridgehead atoms. The Morgan fingerprint density at radius 1 is 1.75 bits per heavy atom. The zero-order valence-corrected chi connectivity index (χ0v) is 5.18. The molecule has 1 heterocycles. The van der Waals surface area contributed by atoms with E-state index in [1.807, 2.05) is 0 Å². The van der Waals surface area contributed by atoms with E-state index in [9.17, 15) is 0 Å². The van der Waals surface area contributed by atoms with E-state index >= 15 is 0 Å². The Morgan fingerprint density at radius 2 is 2.62 bits per heavy atom. The Labute approximate surface area is 49.5 Å². The van der Waals surface area contributed by atoms with Crippen molar-refractivity contribution in [2.45, 2.75) is 26.2 Å². The second-order valence-electron chi connectivity index (χ2n) is 1.99. The van der Waals surface area contributed by atoms with Crippen molar-refractivity contribution in [3.8, 4) is 0 Å². The van der Waals surface area contributed by atoms with Gasteiger partial charge in [-0.25, -0.2) is 0 Å². The molecule has 0 aromatic rings. The SMILES string of the molecule is CCCC1=NOCC1. The number of rotatable bonds is 2. The van der Waals surface area contributed by atoms with Crippen LogP contribution in [0.4, 0.5) is 0 Å². The van der Waals surface area contributed by atoms with Crippen molar-refractivity contribution in [3.63, 3.8) is 0 Å². The Morgan fingerprint density at radius 3 is 3.12 bits per heavy atom. The number of hydrogen-bond acceptors (Lipinski definition) is 2. The third-order valence-electron chi connectivity index (χ3n) is 1.21. The molecule has 1 rings (SSSR count). The molecule has 2 nitrogen and oxygen atoms in total. The van der Waals surface area contributed by atoms with Crippen LogP contribution < -0.4 is 0 Å². The van der Waals surface area contributed by atoms with Gasteiger partial charge in [-0.15, -0.1) is 0 Å². The maximum Gasteiger partial charge on any atom is 0.122 e. The molecule has 0 aromatic heterocycles. The predicted molar refractivity (Wildman–Crippen MR) is 32.9 cm³/mol. The highest BCUT2D eigenvalue weighted by Crippen LogP contribution is 2.04. The average Bonchev–Trinajstić information content (AvgIpc) is 2.19. The van der Waals surface area contributed by atoms with E-state index in [0.717, 1.165) is 19.4 Å². The average molecular weight is 113 g/mol. The minimum absolute atomic E-state index is 0.801. The van der Waals surface area contributed by atoms with Crippen LogP contribution in [0, 0.1) is 0 Å². The molecule has 0 atom stereocenters. The van der Waals surface area contributed by atoms with Crippen LogP contribution in [0.1, 0.15) is 26.2 Å². The normalized spacial score (nSPS) is 17.9. The lowest BCUT2D eigenvalue weighted by Crippen LogP contribution is -1.91. The standard InChI is InChI=1S/C6H11NO/c1-2-3-6-4-5-8-7-6/h2-5H2,1H3. The van der Waals surface area contributed by atoms with Crippen LogP contribution in [-0.2, 0) is 4.84 Å². The van der Waals surface area contributed by atoms with E-state index in [-0.39, 0.29) is 0 Å². The van der Waals surface area contributed by atoms with Crippen LogP contribution in [0.25, 0.3) is 0 Å². The Hall–Kier alpha value is -0.530. The summed E-state index contributed by atoms with van der Waals surface area (Å²) in [6, 6.07) is 0. The molecule has 46 valence electrons. The highest BCUT2D eigenvalue weighted by atomic mass is 16.6. The molecule has 0 aliphatic carbocycles. The van der Waals surface area contributed by atoms with Crippen molar-refractivity contribution >= 4 is 5.71 Å². The van der Waals surface area contributed by atoms with Crippen LogP contribution in [-0.4, -0.2) is 12.3 Å². The Bertz CT molecular complexity index is 98.7.